The summed E-state index contributed by atoms with van der Waals surface area (Å²) in [5.74, 6) is -0.361. The van der Waals surface area contributed by atoms with Crippen LogP contribution in [0.5, 0.6) is 5.75 Å². The third-order valence-corrected chi connectivity index (χ3v) is 9.32. The maximum atomic E-state index is 13.1. The SMILES string of the molecule is C=CCCN(C)C(=O)C[C@](O)(C(=O)OC)c1ccc2c(c1)N(C[C@@H]1CC[C@H]1C(O)C=C)CCCCc1cc(Cl)ccc1CO2. The standard InChI is InChI=1S/C35H45ClN2O6/c1-5-7-17-37(3)33(40)21-35(42,34(41)43-4)27-13-16-32-30(20-27)38(22-25-12-15-29(25)31(39)6-2)18-9-8-10-24-19-28(36)14-11-26(24)23-44-32/h5-6,11,13-14,16,19-20,25,29,31,39,42H,1-2,7-10,12,15,17-18,21-23H2,3-4H3/t25-,29+,31?,35+/m0/s1. The highest BCUT2D eigenvalue weighted by atomic mass is 35.5. The van der Waals surface area contributed by atoms with E-state index >= 15 is 0 Å². The molecule has 0 saturated heterocycles. The van der Waals surface area contributed by atoms with E-state index in [2.05, 4.69) is 18.1 Å². The lowest BCUT2D eigenvalue weighted by molar-refractivity contribution is -0.168. The first-order valence-corrected chi connectivity index (χ1v) is 15.7. The zero-order chi connectivity index (χ0) is 31.9. The number of esters is 1. The molecule has 238 valence electrons. The number of benzene rings is 2. The van der Waals surface area contributed by atoms with Gasteiger partial charge in [0.15, 0.2) is 5.60 Å². The van der Waals surface area contributed by atoms with E-state index in [4.69, 9.17) is 21.1 Å². The minimum atomic E-state index is -2.21. The Balaban J connectivity index is 1.74. The normalized spacial score (nSPS) is 20.2. The Morgan fingerprint density at radius 3 is 2.68 bits per heavy atom. The first-order valence-electron chi connectivity index (χ1n) is 15.4. The molecule has 8 nitrogen and oxygen atoms in total. The lowest BCUT2D eigenvalue weighted by Crippen LogP contribution is -2.44. The number of rotatable bonds is 11. The third kappa shape index (κ3) is 7.65. The van der Waals surface area contributed by atoms with E-state index in [1.165, 1.54) is 12.0 Å². The summed E-state index contributed by atoms with van der Waals surface area (Å²) in [6.07, 6.45) is 7.41. The quantitative estimate of drug-likeness (QED) is 0.254. The van der Waals surface area contributed by atoms with Crippen LogP contribution in [0.15, 0.2) is 61.7 Å². The molecule has 1 amide bonds. The van der Waals surface area contributed by atoms with Crippen molar-refractivity contribution in [3.05, 3.63) is 83.4 Å². The highest BCUT2D eigenvalue weighted by Gasteiger charge is 2.43. The summed E-state index contributed by atoms with van der Waals surface area (Å²) >= 11 is 6.32. The molecule has 1 saturated carbocycles. The number of aryl methyl sites for hydroxylation is 1. The highest BCUT2D eigenvalue weighted by molar-refractivity contribution is 6.30. The lowest BCUT2D eigenvalue weighted by atomic mass is 9.70. The Morgan fingerprint density at radius 1 is 1.20 bits per heavy atom. The van der Waals surface area contributed by atoms with Crippen LogP contribution in [0, 0.1) is 11.8 Å². The third-order valence-electron chi connectivity index (χ3n) is 9.09. The predicted molar refractivity (Wildman–Crippen MR) is 173 cm³/mol. The zero-order valence-corrected chi connectivity index (χ0v) is 26.6. The summed E-state index contributed by atoms with van der Waals surface area (Å²) in [4.78, 5) is 30.0. The Bertz CT molecular complexity index is 1350. The summed E-state index contributed by atoms with van der Waals surface area (Å²) < 4.78 is 11.5. The van der Waals surface area contributed by atoms with Crippen LogP contribution in [0.4, 0.5) is 5.69 Å². The van der Waals surface area contributed by atoms with Gasteiger partial charge >= 0.3 is 5.97 Å². The van der Waals surface area contributed by atoms with E-state index in [1.807, 2.05) is 18.2 Å². The number of methoxy groups -OCH3 is 1. The van der Waals surface area contributed by atoms with Crippen molar-refractivity contribution in [1.82, 2.24) is 4.90 Å². The van der Waals surface area contributed by atoms with Crippen molar-refractivity contribution < 1.29 is 29.3 Å². The number of hydrogen-bond donors (Lipinski definition) is 2. The van der Waals surface area contributed by atoms with Gasteiger partial charge in [-0.25, -0.2) is 4.79 Å². The molecule has 0 spiro atoms. The average Bonchev–Trinajstić information content (AvgIpc) is 3.04. The van der Waals surface area contributed by atoms with E-state index in [0.29, 0.717) is 49.1 Å². The minimum Gasteiger partial charge on any atom is -0.487 e. The molecule has 2 aromatic rings. The summed E-state index contributed by atoms with van der Waals surface area (Å²) in [7, 11) is 2.83. The van der Waals surface area contributed by atoms with Gasteiger partial charge in [0.05, 0.1) is 25.3 Å². The number of nitrogens with zero attached hydrogens (tertiary/aromatic N) is 2. The summed E-state index contributed by atoms with van der Waals surface area (Å²) in [6.45, 7) is 9.58. The van der Waals surface area contributed by atoms with Crippen LogP contribution < -0.4 is 9.64 Å². The summed E-state index contributed by atoms with van der Waals surface area (Å²) in [5, 5.41) is 23.1. The molecule has 1 fully saturated rings. The number of aliphatic hydroxyl groups excluding tert-OH is 1. The number of aliphatic hydroxyl groups is 2. The molecule has 2 aliphatic rings. The molecular weight excluding hydrogens is 580 g/mol. The molecule has 0 bridgehead atoms. The van der Waals surface area contributed by atoms with Gasteiger partial charge in [-0.1, -0.05) is 35.9 Å². The maximum Gasteiger partial charge on any atom is 0.343 e. The maximum absolute atomic E-state index is 13.1. The monoisotopic (exact) mass is 624 g/mol. The van der Waals surface area contributed by atoms with Gasteiger partial charge in [0.1, 0.15) is 12.4 Å². The minimum absolute atomic E-state index is 0.111. The van der Waals surface area contributed by atoms with Crippen molar-refractivity contribution in [2.24, 2.45) is 11.8 Å². The number of fused-ring (bicyclic) bond motifs is 2. The molecule has 0 radical (unpaired) electrons. The molecule has 2 N–H and O–H groups in total. The second-order valence-electron chi connectivity index (χ2n) is 11.9. The lowest BCUT2D eigenvalue weighted by Gasteiger charge is -2.42. The van der Waals surface area contributed by atoms with Crippen molar-refractivity contribution in [3.63, 3.8) is 0 Å². The van der Waals surface area contributed by atoms with Gasteiger partial charge in [0, 0.05) is 31.7 Å². The smallest absolute Gasteiger partial charge is 0.343 e. The van der Waals surface area contributed by atoms with Crippen molar-refractivity contribution in [3.8, 4) is 5.75 Å². The van der Waals surface area contributed by atoms with E-state index in [-0.39, 0.29) is 17.4 Å². The number of anilines is 1. The summed E-state index contributed by atoms with van der Waals surface area (Å²) in [6, 6.07) is 11.0. The van der Waals surface area contributed by atoms with Crippen molar-refractivity contribution in [2.75, 3.05) is 38.7 Å². The van der Waals surface area contributed by atoms with Gasteiger partial charge in [-0.2, -0.15) is 0 Å². The van der Waals surface area contributed by atoms with Gasteiger partial charge in [-0.3, -0.25) is 4.79 Å². The Morgan fingerprint density at radius 2 is 2.00 bits per heavy atom. The second kappa shape index (κ2) is 15.1. The number of ether oxygens (including phenoxy) is 2. The summed E-state index contributed by atoms with van der Waals surface area (Å²) in [5.41, 5.74) is 0.957. The van der Waals surface area contributed by atoms with E-state index in [9.17, 15) is 19.8 Å². The molecule has 1 aliphatic heterocycles. The van der Waals surface area contributed by atoms with Crippen LogP contribution in [0.25, 0.3) is 0 Å². The molecule has 2 aromatic carbocycles. The fourth-order valence-electron chi connectivity index (χ4n) is 6.15. The van der Waals surface area contributed by atoms with Gasteiger partial charge < -0.3 is 29.5 Å². The Labute approximate surface area is 265 Å². The molecule has 1 aliphatic carbocycles. The second-order valence-corrected chi connectivity index (χ2v) is 12.4. The molecule has 1 unspecified atom stereocenters. The van der Waals surface area contributed by atoms with E-state index in [0.717, 1.165) is 43.2 Å². The number of halogens is 1. The first kappa shape index (κ1) is 33.6. The largest absolute Gasteiger partial charge is 0.487 e. The number of carbonyl (C=O) groups is 2. The fraction of sp³-hybridized carbons (Fsp3) is 0.486. The van der Waals surface area contributed by atoms with Gasteiger partial charge in [-0.05, 0) is 91.3 Å². The van der Waals surface area contributed by atoms with E-state index in [1.54, 1.807) is 37.4 Å². The van der Waals surface area contributed by atoms with Crippen molar-refractivity contribution >= 4 is 29.2 Å². The van der Waals surface area contributed by atoms with Gasteiger partial charge in [0.25, 0.3) is 0 Å². The molecule has 1 heterocycles. The number of carbonyl (C=O) groups excluding carboxylic acids is 2. The van der Waals surface area contributed by atoms with Crippen molar-refractivity contribution in [1.29, 1.82) is 0 Å². The number of hydrogen-bond acceptors (Lipinski definition) is 7. The van der Waals surface area contributed by atoms with Gasteiger partial charge in [0.2, 0.25) is 5.91 Å². The van der Waals surface area contributed by atoms with Crippen LogP contribution in [-0.4, -0.2) is 66.9 Å². The van der Waals surface area contributed by atoms with Crippen LogP contribution in [0.2, 0.25) is 5.02 Å². The fourth-order valence-corrected chi connectivity index (χ4v) is 6.34. The molecular formula is C35H45ClN2O6. The van der Waals surface area contributed by atoms with Crippen molar-refractivity contribution in [2.45, 2.75) is 63.3 Å². The molecule has 44 heavy (non-hydrogen) atoms. The Kier molecular flexibility index (Phi) is 11.5. The molecule has 4 rings (SSSR count). The van der Waals surface area contributed by atoms with Crippen LogP contribution in [0.1, 0.15) is 55.2 Å². The van der Waals surface area contributed by atoms with Crippen LogP contribution in [0.3, 0.4) is 0 Å². The first-order chi connectivity index (χ1) is 21.1. The zero-order valence-electron chi connectivity index (χ0n) is 25.8. The highest BCUT2D eigenvalue weighted by Crippen LogP contribution is 2.42. The van der Waals surface area contributed by atoms with Gasteiger partial charge in [-0.15, -0.1) is 13.2 Å². The molecule has 4 atom stereocenters. The molecule has 9 heteroatoms. The van der Waals surface area contributed by atoms with Crippen LogP contribution in [-0.2, 0) is 33.0 Å². The Hall–Kier alpha value is -3.33. The topological polar surface area (TPSA) is 99.5 Å². The predicted octanol–water partition coefficient (Wildman–Crippen LogP) is 5.42. The molecule has 0 aromatic heterocycles. The average molecular weight is 625 g/mol. The number of amides is 1. The van der Waals surface area contributed by atoms with E-state index < -0.39 is 30.0 Å². The van der Waals surface area contributed by atoms with Crippen LogP contribution >= 0.6 is 11.6 Å².